The van der Waals surface area contributed by atoms with E-state index in [-0.39, 0.29) is 12.5 Å². The van der Waals surface area contributed by atoms with Crippen LogP contribution in [0.25, 0.3) is 0 Å². The van der Waals surface area contributed by atoms with Gasteiger partial charge in [-0.15, -0.1) is 5.10 Å². The third-order valence-electron chi connectivity index (χ3n) is 2.01. The van der Waals surface area contributed by atoms with E-state index in [1.165, 1.54) is 0 Å². The van der Waals surface area contributed by atoms with Crippen LogP contribution < -0.4 is 10.1 Å². The first-order valence-electron chi connectivity index (χ1n) is 5.54. The van der Waals surface area contributed by atoms with Crippen LogP contribution in [0.3, 0.4) is 0 Å². The molecule has 1 aromatic rings. The summed E-state index contributed by atoms with van der Waals surface area (Å²) >= 11 is 0. The molecule has 108 valence electrons. The number of carbonyl (C=O) groups excluding carboxylic acids is 1. The first-order valence-corrected chi connectivity index (χ1v) is 5.54. The molecule has 0 aliphatic carbocycles. The average molecular weight is 279 g/mol. The number of alkyl halides is 3. The Morgan fingerprint density at radius 3 is 2.42 bits per heavy atom. The fraction of sp³-hybridized carbons (Fsp3) is 0.636. The van der Waals surface area contributed by atoms with E-state index in [2.05, 4.69) is 10.4 Å². The second kappa shape index (κ2) is 5.10. The van der Waals surface area contributed by atoms with Gasteiger partial charge in [-0.1, -0.05) is 0 Å². The summed E-state index contributed by atoms with van der Waals surface area (Å²) < 4.78 is 43.1. The molecule has 0 fully saturated rings. The number of rotatable bonds is 3. The normalized spacial score (nSPS) is 12.4. The second-order valence-corrected chi connectivity index (χ2v) is 5.08. The largest absolute Gasteiger partial charge is 0.466 e. The van der Waals surface area contributed by atoms with E-state index in [0.29, 0.717) is 4.68 Å². The molecular weight excluding hydrogens is 263 g/mol. The molecule has 0 spiro atoms. The Morgan fingerprint density at radius 1 is 1.42 bits per heavy atom. The Kier molecular flexibility index (Phi) is 4.12. The van der Waals surface area contributed by atoms with Gasteiger partial charge < -0.3 is 10.1 Å². The predicted molar refractivity (Wildman–Crippen MR) is 61.6 cm³/mol. The molecule has 0 radical (unpaired) electrons. The van der Waals surface area contributed by atoms with Crippen molar-refractivity contribution >= 4 is 5.91 Å². The van der Waals surface area contributed by atoms with Crippen molar-refractivity contribution in [2.24, 2.45) is 7.05 Å². The highest BCUT2D eigenvalue weighted by Crippen LogP contribution is 2.30. The number of nitrogens with one attached hydrogen (secondary N) is 1. The van der Waals surface area contributed by atoms with Gasteiger partial charge >= 0.3 is 6.18 Å². The van der Waals surface area contributed by atoms with E-state index in [9.17, 15) is 18.0 Å². The molecule has 5 nitrogen and oxygen atoms in total. The smallest absolute Gasteiger partial charge is 0.433 e. The Hall–Kier alpha value is -1.73. The molecule has 0 saturated heterocycles. The number of halogens is 3. The number of aromatic nitrogens is 2. The van der Waals surface area contributed by atoms with Crippen LogP contribution in [-0.2, 0) is 18.0 Å². The van der Waals surface area contributed by atoms with Crippen molar-refractivity contribution in [3.8, 4) is 5.88 Å². The van der Waals surface area contributed by atoms with E-state index in [1.54, 1.807) is 20.8 Å². The number of aryl methyl sites for hydroxylation is 1. The summed E-state index contributed by atoms with van der Waals surface area (Å²) in [5.74, 6) is -0.661. The zero-order valence-corrected chi connectivity index (χ0v) is 11.1. The van der Waals surface area contributed by atoms with Crippen LogP contribution in [0, 0.1) is 0 Å². The summed E-state index contributed by atoms with van der Waals surface area (Å²) in [5.41, 5.74) is -1.36. The van der Waals surface area contributed by atoms with Crippen molar-refractivity contribution in [3.05, 3.63) is 11.8 Å². The lowest BCUT2D eigenvalue weighted by Gasteiger charge is -2.20. The third kappa shape index (κ3) is 4.80. The maximum absolute atomic E-state index is 12.5. The molecule has 0 saturated carbocycles. The molecular formula is C11H16F3N3O2. The van der Waals surface area contributed by atoms with Crippen molar-refractivity contribution in [3.63, 3.8) is 0 Å². The Morgan fingerprint density at radius 2 is 2.00 bits per heavy atom. The quantitative estimate of drug-likeness (QED) is 0.916. The van der Waals surface area contributed by atoms with Crippen molar-refractivity contribution in [2.75, 3.05) is 6.61 Å². The summed E-state index contributed by atoms with van der Waals surface area (Å²) in [5, 5.41) is 6.16. The zero-order chi connectivity index (χ0) is 14.8. The summed E-state index contributed by atoms with van der Waals surface area (Å²) in [4.78, 5) is 11.4. The van der Waals surface area contributed by atoms with E-state index in [4.69, 9.17) is 4.74 Å². The predicted octanol–water partition coefficient (Wildman–Crippen LogP) is 1.73. The molecule has 1 aromatic heterocycles. The summed E-state index contributed by atoms with van der Waals surface area (Å²) in [7, 11) is 1.16. The van der Waals surface area contributed by atoms with Crippen molar-refractivity contribution in [2.45, 2.75) is 32.5 Å². The summed E-state index contributed by atoms with van der Waals surface area (Å²) in [6.07, 6.45) is -4.50. The highest BCUT2D eigenvalue weighted by molar-refractivity contribution is 5.78. The molecule has 19 heavy (non-hydrogen) atoms. The molecule has 0 atom stereocenters. The van der Waals surface area contributed by atoms with Crippen LogP contribution in [-0.4, -0.2) is 27.8 Å². The number of nitrogens with zero attached hydrogens (tertiary/aromatic N) is 2. The second-order valence-electron chi connectivity index (χ2n) is 5.08. The lowest BCUT2D eigenvalue weighted by atomic mass is 10.1. The number of ether oxygens (including phenoxy) is 1. The van der Waals surface area contributed by atoms with Crippen LogP contribution in [0.4, 0.5) is 13.2 Å². The number of amides is 1. The minimum absolute atomic E-state index is 0.237. The lowest BCUT2D eigenvalue weighted by molar-refractivity contribution is -0.143. The van der Waals surface area contributed by atoms with E-state index < -0.39 is 23.3 Å². The van der Waals surface area contributed by atoms with Gasteiger partial charge in [0.1, 0.15) is 5.69 Å². The lowest BCUT2D eigenvalue weighted by Crippen LogP contribution is -2.43. The van der Waals surface area contributed by atoms with Crippen LogP contribution in [0.2, 0.25) is 0 Å². The third-order valence-corrected chi connectivity index (χ3v) is 2.01. The fourth-order valence-electron chi connectivity index (χ4n) is 1.37. The molecule has 8 heteroatoms. The fourth-order valence-corrected chi connectivity index (χ4v) is 1.37. The minimum Gasteiger partial charge on any atom is -0.466 e. The van der Waals surface area contributed by atoms with Crippen molar-refractivity contribution < 1.29 is 22.7 Å². The van der Waals surface area contributed by atoms with Crippen LogP contribution in [0.5, 0.6) is 5.88 Å². The molecule has 0 aliphatic rings. The maximum Gasteiger partial charge on any atom is 0.433 e. The van der Waals surface area contributed by atoms with E-state index in [1.807, 2.05) is 0 Å². The molecule has 0 aliphatic heterocycles. The monoisotopic (exact) mass is 279 g/mol. The molecule has 0 aromatic carbocycles. The maximum atomic E-state index is 12.5. The molecule has 1 rings (SSSR count). The molecule has 0 unspecified atom stereocenters. The van der Waals surface area contributed by atoms with Gasteiger partial charge in [0.15, 0.2) is 6.61 Å². The van der Waals surface area contributed by atoms with Crippen LogP contribution in [0.15, 0.2) is 6.07 Å². The molecule has 0 bridgehead atoms. The van der Waals surface area contributed by atoms with Gasteiger partial charge in [0, 0.05) is 18.7 Å². The summed E-state index contributed by atoms with van der Waals surface area (Å²) in [6, 6.07) is 0.754. The van der Waals surface area contributed by atoms with E-state index >= 15 is 0 Å². The zero-order valence-electron chi connectivity index (χ0n) is 11.1. The van der Waals surface area contributed by atoms with Gasteiger partial charge in [0.2, 0.25) is 5.88 Å². The highest BCUT2D eigenvalue weighted by atomic mass is 19.4. The van der Waals surface area contributed by atoms with Gasteiger partial charge in [0.25, 0.3) is 5.91 Å². The van der Waals surface area contributed by atoms with Gasteiger partial charge in [-0.25, -0.2) is 0 Å². The van der Waals surface area contributed by atoms with Crippen molar-refractivity contribution in [1.82, 2.24) is 15.1 Å². The molecule has 1 N–H and O–H groups in total. The number of carbonyl (C=O) groups is 1. The number of hydrogen-bond acceptors (Lipinski definition) is 3. The van der Waals surface area contributed by atoms with E-state index in [0.717, 1.165) is 13.1 Å². The van der Waals surface area contributed by atoms with Gasteiger partial charge in [-0.2, -0.15) is 13.2 Å². The standard InChI is InChI=1S/C11H16F3N3O2/c1-10(2,3)15-8(18)6-19-9-5-7(11(12,13)14)17(4)16-9/h5H,6H2,1-4H3,(H,15,18). The van der Waals surface area contributed by atoms with Crippen LogP contribution in [0.1, 0.15) is 26.5 Å². The van der Waals surface area contributed by atoms with Crippen molar-refractivity contribution in [1.29, 1.82) is 0 Å². The minimum atomic E-state index is -4.50. The highest BCUT2D eigenvalue weighted by Gasteiger charge is 2.35. The Balaban J connectivity index is 2.63. The van der Waals surface area contributed by atoms with Gasteiger partial charge in [-0.05, 0) is 20.8 Å². The Bertz CT molecular complexity index is 461. The average Bonchev–Trinajstić information content (AvgIpc) is 2.53. The SMILES string of the molecule is Cn1nc(OCC(=O)NC(C)(C)C)cc1C(F)(F)F. The molecule has 1 heterocycles. The first kappa shape index (κ1) is 15.3. The van der Waals surface area contributed by atoms with Gasteiger partial charge in [0.05, 0.1) is 0 Å². The van der Waals surface area contributed by atoms with Crippen LogP contribution >= 0.6 is 0 Å². The Labute approximate surface area is 108 Å². The molecule has 1 amide bonds. The topological polar surface area (TPSA) is 56.2 Å². The summed E-state index contributed by atoms with van der Waals surface area (Å²) in [6.45, 7) is 4.97. The number of hydrogen-bond donors (Lipinski definition) is 1. The van der Waals surface area contributed by atoms with Gasteiger partial charge in [-0.3, -0.25) is 9.48 Å². The first-order chi connectivity index (χ1) is 8.49.